The molecule has 1 saturated heterocycles. The standard InChI is InChI=1S/C13H17ClN4O3/c1-8-7-21-5-4-18(8)11-9-2-3-17(13(19)20)6-10(9)15-12(14)16-11/h8H,2-7H2,1H3,(H,19,20). The van der Waals surface area contributed by atoms with Gasteiger partial charge in [-0.15, -0.1) is 0 Å². The molecule has 1 unspecified atom stereocenters. The zero-order chi connectivity index (χ0) is 15.0. The van der Waals surface area contributed by atoms with E-state index in [1.165, 1.54) is 4.90 Å². The van der Waals surface area contributed by atoms with E-state index in [-0.39, 0.29) is 17.9 Å². The summed E-state index contributed by atoms with van der Waals surface area (Å²) in [6.45, 7) is 4.86. The van der Waals surface area contributed by atoms with Gasteiger partial charge in [0.15, 0.2) is 0 Å². The Morgan fingerprint density at radius 1 is 1.43 bits per heavy atom. The molecule has 1 atom stereocenters. The maximum Gasteiger partial charge on any atom is 0.407 e. The van der Waals surface area contributed by atoms with Gasteiger partial charge in [0.05, 0.1) is 31.5 Å². The van der Waals surface area contributed by atoms with Gasteiger partial charge < -0.3 is 19.6 Å². The molecule has 1 aromatic rings. The molecule has 1 N–H and O–H groups in total. The number of fused-ring (bicyclic) bond motifs is 1. The Balaban J connectivity index is 1.97. The van der Waals surface area contributed by atoms with Gasteiger partial charge in [0.1, 0.15) is 5.82 Å². The van der Waals surface area contributed by atoms with Crippen LogP contribution < -0.4 is 4.90 Å². The van der Waals surface area contributed by atoms with E-state index in [1.807, 2.05) is 0 Å². The van der Waals surface area contributed by atoms with Crippen LogP contribution >= 0.6 is 11.6 Å². The van der Waals surface area contributed by atoms with Gasteiger partial charge >= 0.3 is 6.09 Å². The SMILES string of the molecule is CC1COCCN1c1nc(Cl)nc2c1CCN(C(=O)O)C2. The molecule has 8 heteroatoms. The second-order valence-electron chi connectivity index (χ2n) is 5.31. The number of nitrogens with zero attached hydrogens (tertiary/aromatic N) is 4. The molecule has 1 aromatic heterocycles. The largest absolute Gasteiger partial charge is 0.465 e. The van der Waals surface area contributed by atoms with Crippen molar-refractivity contribution in [2.24, 2.45) is 0 Å². The number of carbonyl (C=O) groups is 1. The zero-order valence-corrected chi connectivity index (χ0v) is 12.5. The van der Waals surface area contributed by atoms with Gasteiger partial charge in [0.2, 0.25) is 5.28 Å². The van der Waals surface area contributed by atoms with Crippen molar-refractivity contribution in [3.8, 4) is 0 Å². The second-order valence-corrected chi connectivity index (χ2v) is 5.65. The number of halogens is 1. The number of carboxylic acid groups (broad SMARTS) is 1. The molecule has 0 bridgehead atoms. The minimum atomic E-state index is -0.934. The highest BCUT2D eigenvalue weighted by Gasteiger charge is 2.29. The molecule has 3 rings (SSSR count). The van der Waals surface area contributed by atoms with E-state index in [4.69, 9.17) is 21.4 Å². The van der Waals surface area contributed by atoms with E-state index >= 15 is 0 Å². The Bertz CT molecular complexity index is 569. The molecule has 1 fully saturated rings. The molecule has 21 heavy (non-hydrogen) atoms. The number of morpholine rings is 1. The number of anilines is 1. The van der Waals surface area contributed by atoms with Crippen molar-refractivity contribution < 1.29 is 14.6 Å². The topological polar surface area (TPSA) is 78.8 Å². The van der Waals surface area contributed by atoms with Crippen LogP contribution in [-0.2, 0) is 17.7 Å². The second kappa shape index (κ2) is 5.65. The minimum absolute atomic E-state index is 0.162. The molecule has 3 heterocycles. The molecule has 114 valence electrons. The Morgan fingerprint density at radius 3 is 2.95 bits per heavy atom. The lowest BCUT2D eigenvalue weighted by Crippen LogP contribution is -2.45. The first-order valence-corrected chi connectivity index (χ1v) is 7.31. The molecule has 0 radical (unpaired) electrons. The lowest BCUT2D eigenvalue weighted by atomic mass is 10.0. The third-order valence-electron chi connectivity index (χ3n) is 3.93. The molecule has 7 nitrogen and oxygen atoms in total. The summed E-state index contributed by atoms with van der Waals surface area (Å²) in [4.78, 5) is 23.2. The van der Waals surface area contributed by atoms with Gasteiger partial charge in [0.25, 0.3) is 0 Å². The highest BCUT2D eigenvalue weighted by atomic mass is 35.5. The molecular formula is C13H17ClN4O3. The van der Waals surface area contributed by atoms with Crippen LogP contribution in [0.3, 0.4) is 0 Å². The Kier molecular flexibility index (Phi) is 3.86. The van der Waals surface area contributed by atoms with Crippen LogP contribution in [-0.4, -0.2) is 58.4 Å². The van der Waals surface area contributed by atoms with Gasteiger partial charge in [0, 0.05) is 18.7 Å². The normalized spacial score (nSPS) is 22.1. The Morgan fingerprint density at radius 2 is 2.24 bits per heavy atom. The molecule has 0 aliphatic carbocycles. The molecule has 0 saturated carbocycles. The van der Waals surface area contributed by atoms with Crippen LogP contribution in [0.5, 0.6) is 0 Å². The number of aromatic nitrogens is 2. The van der Waals surface area contributed by atoms with E-state index in [2.05, 4.69) is 21.8 Å². The molecule has 0 aromatic carbocycles. The van der Waals surface area contributed by atoms with Crippen LogP contribution in [0.2, 0.25) is 5.28 Å². The maximum absolute atomic E-state index is 11.1. The van der Waals surface area contributed by atoms with Crippen molar-refractivity contribution >= 4 is 23.5 Å². The summed E-state index contributed by atoms with van der Waals surface area (Å²) in [7, 11) is 0. The lowest BCUT2D eigenvalue weighted by Gasteiger charge is -2.37. The molecular weight excluding hydrogens is 296 g/mol. The summed E-state index contributed by atoms with van der Waals surface area (Å²) < 4.78 is 5.45. The molecule has 2 aliphatic heterocycles. The highest BCUT2D eigenvalue weighted by molar-refractivity contribution is 6.28. The van der Waals surface area contributed by atoms with Gasteiger partial charge in [-0.25, -0.2) is 14.8 Å². The molecule has 1 amide bonds. The summed E-state index contributed by atoms with van der Waals surface area (Å²) in [6.07, 6.45) is -0.324. The van der Waals surface area contributed by atoms with Crippen molar-refractivity contribution in [2.45, 2.75) is 25.9 Å². The van der Waals surface area contributed by atoms with E-state index in [9.17, 15) is 4.79 Å². The third-order valence-corrected chi connectivity index (χ3v) is 4.10. The first-order chi connectivity index (χ1) is 10.1. The minimum Gasteiger partial charge on any atom is -0.465 e. The first-order valence-electron chi connectivity index (χ1n) is 6.94. The van der Waals surface area contributed by atoms with Crippen LogP contribution in [0.15, 0.2) is 0 Å². The van der Waals surface area contributed by atoms with Gasteiger partial charge in [-0.05, 0) is 24.9 Å². The number of hydrogen-bond acceptors (Lipinski definition) is 5. The monoisotopic (exact) mass is 312 g/mol. The fraction of sp³-hybridized carbons (Fsp3) is 0.615. The molecule has 2 aliphatic rings. The van der Waals surface area contributed by atoms with Gasteiger partial charge in [-0.1, -0.05) is 0 Å². The number of rotatable bonds is 1. The van der Waals surface area contributed by atoms with Crippen LogP contribution in [0.1, 0.15) is 18.2 Å². The fourth-order valence-corrected chi connectivity index (χ4v) is 3.01. The van der Waals surface area contributed by atoms with Crippen molar-refractivity contribution in [3.05, 3.63) is 16.5 Å². The van der Waals surface area contributed by atoms with E-state index in [1.54, 1.807) is 0 Å². The fourth-order valence-electron chi connectivity index (χ4n) is 2.82. The summed E-state index contributed by atoms with van der Waals surface area (Å²) in [5, 5.41) is 9.28. The van der Waals surface area contributed by atoms with Gasteiger partial charge in [-0.2, -0.15) is 0 Å². The number of amides is 1. The van der Waals surface area contributed by atoms with E-state index in [0.717, 1.165) is 17.9 Å². The van der Waals surface area contributed by atoms with Crippen LogP contribution in [0.4, 0.5) is 10.6 Å². The lowest BCUT2D eigenvalue weighted by molar-refractivity contribution is 0.0983. The van der Waals surface area contributed by atoms with Gasteiger partial charge in [-0.3, -0.25) is 0 Å². The van der Waals surface area contributed by atoms with E-state index < -0.39 is 6.09 Å². The van der Waals surface area contributed by atoms with Crippen LogP contribution in [0.25, 0.3) is 0 Å². The first kappa shape index (κ1) is 14.3. The predicted octanol–water partition coefficient (Wildman–Crippen LogP) is 1.39. The van der Waals surface area contributed by atoms with Crippen molar-refractivity contribution in [1.29, 1.82) is 0 Å². The zero-order valence-electron chi connectivity index (χ0n) is 11.8. The van der Waals surface area contributed by atoms with Crippen molar-refractivity contribution in [1.82, 2.24) is 14.9 Å². The average molecular weight is 313 g/mol. The molecule has 0 spiro atoms. The highest BCUT2D eigenvalue weighted by Crippen LogP contribution is 2.29. The Labute approximate surface area is 127 Å². The number of ether oxygens (including phenoxy) is 1. The quantitative estimate of drug-likeness (QED) is 0.790. The maximum atomic E-state index is 11.1. The summed E-state index contributed by atoms with van der Waals surface area (Å²) in [6, 6.07) is 0.214. The van der Waals surface area contributed by atoms with Crippen LogP contribution in [0, 0.1) is 0 Å². The van der Waals surface area contributed by atoms with Crippen molar-refractivity contribution in [2.75, 3.05) is 31.2 Å². The summed E-state index contributed by atoms with van der Waals surface area (Å²) >= 11 is 6.03. The van der Waals surface area contributed by atoms with Crippen molar-refractivity contribution in [3.63, 3.8) is 0 Å². The predicted molar refractivity (Wildman–Crippen MR) is 76.8 cm³/mol. The average Bonchev–Trinajstić information content (AvgIpc) is 2.46. The smallest absolute Gasteiger partial charge is 0.407 e. The summed E-state index contributed by atoms with van der Waals surface area (Å²) in [5.41, 5.74) is 1.71. The Hall–Kier alpha value is -1.60. The number of hydrogen-bond donors (Lipinski definition) is 1. The summed E-state index contributed by atoms with van der Waals surface area (Å²) in [5.74, 6) is 0.825. The third kappa shape index (κ3) is 2.75. The van der Waals surface area contributed by atoms with E-state index in [0.29, 0.717) is 31.9 Å².